The van der Waals surface area contributed by atoms with Crippen LogP contribution in [0.2, 0.25) is 0 Å². The fourth-order valence-electron chi connectivity index (χ4n) is 3.76. The number of phenols is 1. The average Bonchev–Trinajstić information content (AvgIpc) is 3.41. The Hall–Kier alpha value is -3.78. The molecule has 164 valence electrons. The molecule has 1 aliphatic heterocycles. The standard InChI is InChI=1S/C24H21NO6S/c1-13-6-9-17(26)16(11-13)25-21(19-5-4-10-32-19)20(23(28)24(25)29)22(27)15-8-7-14(30-2)12-18(15)31-3/h4-12,21,26-27H,1-3H3/b22-20-. The number of benzene rings is 2. The van der Waals surface area contributed by atoms with Crippen molar-refractivity contribution in [2.45, 2.75) is 13.0 Å². The number of aryl methyl sites for hydroxylation is 1. The SMILES string of the molecule is COc1ccc(/C(O)=C2/C(=O)C(=O)N(c3cc(C)ccc3O)C2c2cccs2)c(OC)c1. The summed E-state index contributed by atoms with van der Waals surface area (Å²) in [6.45, 7) is 1.82. The Balaban J connectivity index is 1.96. The van der Waals surface area contributed by atoms with Crippen LogP contribution in [0.3, 0.4) is 0 Å². The van der Waals surface area contributed by atoms with E-state index in [9.17, 15) is 19.8 Å². The lowest BCUT2D eigenvalue weighted by molar-refractivity contribution is -0.132. The summed E-state index contributed by atoms with van der Waals surface area (Å²) in [7, 11) is 2.94. The zero-order valence-electron chi connectivity index (χ0n) is 17.7. The van der Waals surface area contributed by atoms with Gasteiger partial charge in [0.25, 0.3) is 11.7 Å². The van der Waals surface area contributed by atoms with E-state index in [2.05, 4.69) is 0 Å². The molecular weight excluding hydrogens is 430 g/mol. The van der Waals surface area contributed by atoms with Crippen LogP contribution in [-0.4, -0.2) is 36.1 Å². The van der Waals surface area contributed by atoms with Crippen LogP contribution in [0.25, 0.3) is 5.76 Å². The normalized spacial score (nSPS) is 17.6. The fourth-order valence-corrected chi connectivity index (χ4v) is 4.59. The number of Topliss-reactive ketones (excluding diaryl/α,β-unsaturated/α-hetero) is 1. The molecule has 3 aromatic rings. The van der Waals surface area contributed by atoms with Crippen molar-refractivity contribution < 1.29 is 29.3 Å². The summed E-state index contributed by atoms with van der Waals surface area (Å²) >= 11 is 1.34. The van der Waals surface area contributed by atoms with Crippen LogP contribution >= 0.6 is 11.3 Å². The molecule has 32 heavy (non-hydrogen) atoms. The first-order valence-electron chi connectivity index (χ1n) is 9.73. The number of phenolic OH excluding ortho intramolecular Hbond substituents is 1. The van der Waals surface area contributed by atoms with Crippen molar-refractivity contribution in [1.82, 2.24) is 0 Å². The number of aromatic hydroxyl groups is 1. The number of ketones is 1. The van der Waals surface area contributed by atoms with Gasteiger partial charge in [-0.05, 0) is 48.2 Å². The molecule has 0 saturated carbocycles. The molecule has 1 fully saturated rings. The van der Waals surface area contributed by atoms with E-state index in [4.69, 9.17) is 9.47 Å². The molecule has 1 unspecified atom stereocenters. The molecule has 0 aliphatic carbocycles. The first-order chi connectivity index (χ1) is 15.4. The Morgan fingerprint density at radius 2 is 1.84 bits per heavy atom. The molecule has 0 bridgehead atoms. The van der Waals surface area contributed by atoms with Crippen LogP contribution in [0, 0.1) is 6.92 Å². The van der Waals surface area contributed by atoms with E-state index in [0.29, 0.717) is 10.6 Å². The Morgan fingerprint density at radius 3 is 2.50 bits per heavy atom. The maximum atomic E-state index is 13.2. The molecule has 7 nitrogen and oxygen atoms in total. The van der Waals surface area contributed by atoms with Crippen LogP contribution in [0.15, 0.2) is 59.5 Å². The van der Waals surface area contributed by atoms with Gasteiger partial charge < -0.3 is 19.7 Å². The number of hydrogen-bond donors (Lipinski definition) is 2. The van der Waals surface area contributed by atoms with Gasteiger partial charge in [-0.3, -0.25) is 14.5 Å². The van der Waals surface area contributed by atoms with E-state index < -0.39 is 17.7 Å². The molecule has 1 saturated heterocycles. The van der Waals surface area contributed by atoms with Crippen molar-refractivity contribution in [3.05, 3.63) is 75.5 Å². The second-order valence-electron chi connectivity index (χ2n) is 7.24. The summed E-state index contributed by atoms with van der Waals surface area (Å²) in [5, 5.41) is 23.5. The lowest BCUT2D eigenvalue weighted by Gasteiger charge is -2.25. The number of aliphatic hydroxyl groups excluding tert-OH is 1. The van der Waals surface area contributed by atoms with Crippen molar-refractivity contribution in [1.29, 1.82) is 0 Å². The van der Waals surface area contributed by atoms with Gasteiger partial charge >= 0.3 is 0 Å². The highest BCUT2D eigenvalue weighted by Crippen LogP contribution is 2.46. The van der Waals surface area contributed by atoms with E-state index in [0.717, 1.165) is 5.56 Å². The molecule has 1 aromatic heterocycles. The van der Waals surface area contributed by atoms with Crippen molar-refractivity contribution in [2.75, 3.05) is 19.1 Å². The first kappa shape index (κ1) is 21.5. The molecule has 4 rings (SSSR count). The minimum Gasteiger partial charge on any atom is -0.507 e. The number of carbonyl (C=O) groups excluding carboxylic acids is 2. The number of methoxy groups -OCH3 is 2. The van der Waals surface area contributed by atoms with E-state index in [-0.39, 0.29) is 34.1 Å². The Morgan fingerprint density at radius 1 is 1.06 bits per heavy atom. The number of carbonyl (C=O) groups is 2. The summed E-state index contributed by atoms with van der Waals surface area (Å²) in [5.74, 6) is -1.38. The van der Waals surface area contributed by atoms with Gasteiger partial charge in [0.2, 0.25) is 0 Å². The number of rotatable bonds is 5. The number of ether oxygens (including phenoxy) is 2. The zero-order chi connectivity index (χ0) is 23.0. The predicted octanol–water partition coefficient (Wildman–Crippen LogP) is 4.41. The van der Waals surface area contributed by atoms with E-state index >= 15 is 0 Å². The van der Waals surface area contributed by atoms with E-state index in [1.54, 1.807) is 42.5 Å². The van der Waals surface area contributed by atoms with Crippen LogP contribution < -0.4 is 14.4 Å². The number of aliphatic hydroxyl groups is 1. The molecule has 2 aromatic carbocycles. The molecule has 2 N–H and O–H groups in total. The van der Waals surface area contributed by atoms with Crippen molar-refractivity contribution in [3.63, 3.8) is 0 Å². The highest BCUT2D eigenvalue weighted by Gasteiger charge is 2.48. The lowest BCUT2D eigenvalue weighted by Crippen LogP contribution is -2.29. The monoisotopic (exact) mass is 451 g/mol. The van der Waals surface area contributed by atoms with E-state index in [1.807, 2.05) is 12.3 Å². The molecule has 1 atom stereocenters. The number of hydrogen-bond acceptors (Lipinski definition) is 7. The van der Waals surface area contributed by atoms with Crippen LogP contribution in [0.4, 0.5) is 5.69 Å². The summed E-state index contributed by atoms with van der Waals surface area (Å²) in [5.41, 5.74) is 1.18. The third-order valence-corrected chi connectivity index (χ3v) is 6.24. The number of nitrogens with zero attached hydrogens (tertiary/aromatic N) is 1. The van der Waals surface area contributed by atoms with Gasteiger partial charge in [0.1, 0.15) is 29.0 Å². The summed E-state index contributed by atoms with van der Waals surface area (Å²) in [6.07, 6.45) is 0. The molecule has 2 heterocycles. The molecule has 1 aliphatic rings. The Kier molecular flexibility index (Phi) is 5.63. The molecule has 1 amide bonds. The highest BCUT2D eigenvalue weighted by molar-refractivity contribution is 7.10. The molecule has 8 heteroatoms. The molecular formula is C24H21NO6S. The van der Waals surface area contributed by atoms with Crippen LogP contribution in [0.5, 0.6) is 17.2 Å². The maximum absolute atomic E-state index is 13.2. The summed E-state index contributed by atoms with van der Waals surface area (Å²) in [6, 6.07) is 12.3. The third kappa shape index (κ3) is 3.48. The minimum absolute atomic E-state index is 0.0816. The van der Waals surface area contributed by atoms with Gasteiger partial charge in [0.05, 0.1) is 31.0 Å². The smallest absolute Gasteiger partial charge is 0.300 e. The highest BCUT2D eigenvalue weighted by atomic mass is 32.1. The minimum atomic E-state index is -0.908. The van der Waals surface area contributed by atoms with Crippen molar-refractivity contribution in [3.8, 4) is 17.2 Å². The van der Waals surface area contributed by atoms with Gasteiger partial charge in [-0.1, -0.05) is 12.1 Å². The number of amides is 1. The number of anilines is 1. The van der Waals surface area contributed by atoms with Crippen molar-refractivity contribution in [2.24, 2.45) is 0 Å². The second kappa shape index (κ2) is 8.39. The van der Waals surface area contributed by atoms with Gasteiger partial charge in [-0.25, -0.2) is 0 Å². The first-order valence-corrected chi connectivity index (χ1v) is 10.6. The summed E-state index contributed by atoms with van der Waals surface area (Å²) in [4.78, 5) is 28.2. The Bertz CT molecular complexity index is 1230. The van der Waals surface area contributed by atoms with Crippen LogP contribution in [-0.2, 0) is 9.59 Å². The molecule has 0 spiro atoms. The van der Waals surface area contributed by atoms with Gasteiger partial charge in [0.15, 0.2) is 0 Å². The quantitative estimate of drug-likeness (QED) is 0.339. The predicted molar refractivity (Wildman–Crippen MR) is 121 cm³/mol. The van der Waals surface area contributed by atoms with Gasteiger partial charge in [0, 0.05) is 10.9 Å². The Labute approximate surface area is 188 Å². The third-order valence-electron chi connectivity index (χ3n) is 5.31. The maximum Gasteiger partial charge on any atom is 0.300 e. The zero-order valence-corrected chi connectivity index (χ0v) is 18.5. The molecule has 0 radical (unpaired) electrons. The average molecular weight is 452 g/mol. The fraction of sp³-hybridized carbons (Fsp3) is 0.167. The lowest BCUT2D eigenvalue weighted by atomic mass is 9.99. The van der Waals surface area contributed by atoms with Gasteiger partial charge in [-0.15, -0.1) is 11.3 Å². The largest absolute Gasteiger partial charge is 0.507 e. The van der Waals surface area contributed by atoms with Crippen molar-refractivity contribution >= 4 is 34.5 Å². The van der Waals surface area contributed by atoms with E-state index in [1.165, 1.54) is 36.5 Å². The van der Waals surface area contributed by atoms with Gasteiger partial charge in [-0.2, -0.15) is 0 Å². The topological polar surface area (TPSA) is 96.3 Å². The van der Waals surface area contributed by atoms with Crippen LogP contribution in [0.1, 0.15) is 22.0 Å². The number of thiophene rings is 1. The summed E-state index contributed by atoms with van der Waals surface area (Å²) < 4.78 is 10.6. The second-order valence-corrected chi connectivity index (χ2v) is 8.22.